The molecule has 0 spiro atoms. The van der Waals surface area contributed by atoms with Gasteiger partial charge in [-0.05, 0) is 73.1 Å². The zero-order valence-corrected chi connectivity index (χ0v) is 23.9. The van der Waals surface area contributed by atoms with Gasteiger partial charge >= 0.3 is 5.97 Å². The topological polar surface area (TPSA) is 96.4 Å². The monoisotopic (exact) mass is 556 g/mol. The maximum absolute atomic E-state index is 13.4. The highest BCUT2D eigenvalue weighted by Crippen LogP contribution is 2.39. The number of rotatable bonds is 11. The SMILES string of the molecule is CCN(CC)CCN1C(=O)C(=O)C(=C(O)c2ccc(OCc3ccccc3C)cc2)C1c1ccc(C(=O)OC)cc1. The summed E-state index contributed by atoms with van der Waals surface area (Å²) < 4.78 is 10.7. The average molecular weight is 557 g/mol. The summed E-state index contributed by atoms with van der Waals surface area (Å²) in [4.78, 5) is 42.3. The molecule has 0 radical (unpaired) electrons. The van der Waals surface area contributed by atoms with Crippen molar-refractivity contribution < 1.29 is 29.0 Å². The lowest BCUT2D eigenvalue weighted by Gasteiger charge is -2.28. The number of ether oxygens (including phenoxy) is 2. The third-order valence-electron chi connectivity index (χ3n) is 7.52. The van der Waals surface area contributed by atoms with Crippen molar-refractivity contribution in [3.05, 3.63) is 106 Å². The van der Waals surface area contributed by atoms with E-state index in [4.69, 9.17) is 9.47 Å². The molecule has 0 aliphatic carbocycles. The number of esters is 1. The molecular formula is C33H36N2O6. The molecular weight excluding hydrogens is 520 g/mol. The van der Waals surface area contributed by atoms with Gasteiger partial charge in [0.25, 0.3) is 11.7 Å². The smallest absolute Gasteiger partial charge is 0.337 e. The maximum atomic E-state index is 13.4. The fourth-order valence-electron chi connectivity index (χ4n) is 4.96. The van der Waals surface area contributed by atoms with Gasteiger partial charge in [0, 0.05) is 18.7 Å². The van der Waals surface area contributed by atoms with Gasteiger partial charge in [0.1, 0.15) is 18.1 Å². The molecule has 1 atom stereocenters. The van der Waals surface area contributed by atoms with Gasteiger partial charge < -0.3 is 24.4 Å². The van der Waals surface area contributed by atoms with Crippen LogP contribution >= 0.6 is 0 Å². The third kappa shape index (κ3) is 6.49. The van der Waals surface area contributed by atoms with Crippen molar-refractivity contribution in [2.45, 2.75) is 33.4 Å². The van der Waals surface area contributed by atoms with E-state index >= 15 is 0 Å². The first-order valence-electron chi connectivity index (χ1n) is 13.8. The van der Waals surface area contributed by atoms with Crippen molar-refractivity contribution >= 4 is 23.4 Å². The first kappa shape index (κ1) is 29.6. The third-order valence-corrected chi connectivity index (χ3v) is 7.52. The van der Waals surface area contributed by atoms with Crippen LogP contribution in [0.4, 0.5) is 0 Å². The second kappa shape index (κ2) is 13.3. The molecule has 3 aromatic rings. The van der Waals surface area contributed by atoms with E-state index in [0.717, 1.165) is 24.2 Å². The zero-order valence-electron chi connectivity index (χ0n) is 23.9. The van der Waals surface area contributed by atoms with Gasteiger partial charge in [-0.15, -0.1) is 0 Å². The minimum atomic E-state index is -0.811. The Labute approximate surface area is 240 Å². The summed E-state index contributed by atoms with van der Waals surface area (Å²) in [5, 5.41) is 11.4. The van der Waals surface area contributed by atoms with Crippen LogP contribution in [-0.2, 0) is 20.9 Å². The van der Waals surface area contributed by atoms with Crippen LogP contribution < -0.4 is 4.74 Å². The summed E-state index contributed by atoms with van der Waals surface area (Å²) in [5.41, 5.74) is 3.56. The van der Waals surface area contributed by atoms with Gasteiger partial charge in [0.05, 0.1) is 24.3 Å². The molecule has 1 N–H and O–H groups in total. The molecule has 4 rings (SSSR count). The van der Waals surface area contributed by atoms with Crippen molar-refractivity contribution in [1.82, 2.24) is 9.80 Å². The number of benzene rings is 3. The van der Waals surface area contributed by atoms with E-state index in [1.54, 1.807) is 48.5 Å². The fraction of sp³-hybridized carbons (Fsp3) is 0.303. The molecule has 1 amide bonds. The second-order valence-corrected chi connectivity index (χ2v) is 9.87. The van der Waals surface area contributed by atoms with Crippen molar-refractivity contribution in [3.8, 4) is 5.75 Å². The Balaban J connectivity index is 1.66. The number of carbonyl (C=O) groups excluding carboxylic acids is 3. The lowest BCUT2D eigenvalue weighted by molar-refractivity contribution is -0.140. The van der Waals surface area contributed by atoms with E-state index in [2.05, 4.69) is 4.90 Å². The van der Waals surface area contributed by atoms with Gasteiger partial charge in [-0.1, -0.05) is 50.2 Å². The van der Waals surface area contributed by atoms with Gasteiger partial charge in [-0.2, -0.15) is 0 Å². The molecule has 8 heteroatoms. The number of likely N-dealkylation sites (N-methyl/N-ethyl adjacent to an activating group) is 1. The Bertz CT molecular complexity index is 1420. The van der Waals surface area contributed by atoms with Crippen LogP contribution in [0.15, 0.2) is 78.4 Å². The molecule has 41 heavy (non-hydrogen) atoms. The van der Waals surface area contributed by atoms with Crippen molar-refractivity contribution in [2.24, 2.45) is 0 Å². The van der Waals surface area contributed by atoms with Crippen LogP contribution in [0.1, 0.15) is 52.5 Å². The largest absolute Gasteiger partial charge is 0.507 e. The van der Waals surface area contributed by atoms with E-state index < -0.39 is 23.7 Å². The molecule has 3 aromatic carbocycles. The summed E-state index contributed by atoms with van der Waals surface area (Å²) in [7, 11) is 1.30. The minimum Gasteiger partial charge on any atom is -0.507 e. The number of ketones is 1. The number of likely N-dealkylation sites (tertiary alicyclic amines) is 1. The summed E-state index contributed by atoms with van der Waals surface area (Å²) in [6.07, 6.45) is 0. The lowest BCUT2D eigenvalue weighted by Crippen LogP contribution is -2.38. The Kier molecular flexibility index (Phi) is 9.57. The van der Waals surface area contributed by atoms with Crippen LogP contribution in [0, 0.1) is 6.92 Å². The molecule has 1 heterocycles. The predicted molar refractivity (Wildman–Crippen MR) is 157 cm³/mol. The summed E-state index contributed by atoms with van der Waals surface area (Å²) in [6.45, 7) is 8.98. The summed E-state index contributed by atoms with van der Waals surface area (Å²) in [5.74, 6) is -1.56. The number of amides is 1. The fourth-order valence-corrected chi connectivity index (χ4v) is 4.96. The minimum absolute atomic E-state index is 0.00828. The number of aliphatic hydroxyl groups excluding tert-OH is 1. The average Bonchev–Trinajstić information content (AvgIpc) is 3.25. The Hall–Kier alpha value is -4.43. The second-order valence-electron chi connectivity index (χ2n) is 9.87. The van der Waals surface area contributed by atoms with Crippen molar-refractivity contribution in [3.63, 3.8) is 0 Å². The summed E-state index contributed by atoms with van der Waals surface area (Å²) >= 11 is 0. The Morgan fingerprint density at radius 1 is 0.927 bits per heavy atom. The molecule has 1 aliphatic heterocycles. The number of hydrogen-bond donors (Lipinski definition) is 1. The van der Waals surface area contributed by atoms with Gasteiger partial charge in [0.15, 0.2) is 0 Å². The van der Waals surface area contributed by atoms with Crippen molar-refractivity contribution in [2.75, 3.05) is 33.3 Å². The Morgan fingerprint density at radius 2 is 1.56 bits per heavy atom. The predicted octanol–water partition coefficient (Wildman–Crippen LogP) is 5.12. The van der Waals surface area contributed by atoms with Crippen LogP contribution in [0.3, 0.4) is 0 Å². The maximum Gasteiger partial charge on any atom is 0.337 e. The van der Waals surface area contributed by atoms with E-state index in [-0.39, 0.29) is 11.3 Å². The van der Waals surface area contributed by atoms with Gasteiger partial charge in [-0.3, -0.25) is 9.59 Å². The number of hydrogen-bond acceptors (Lipinski definition) is 7. The van der Waals surface area contributed by atoms with E-state index in [9.17, 15) is 19.5 Å². The quantitative estimate of drug-likeness (QED) is 0.152. The highest BCUT2D eigenvalue weighted by Gasteiger charge is 2.46. The molecule has 1 unspecified atom stereocenters. The molecule has 0 saturated carbocycles. The molecule has 214 valence electrons. The highest BCUT2D eigenvalue weighted by molar-refractivity contribution is 6.46. The van der Waals surface area contributed by atoms with Gasteiger partial charge in [-0.25, -0.2) is 4.79 Å². The first-order valence-corrected chi connectivity index (χ1v) is 13.8. The van der Waals surface area contributed by atoms with Crippen LogP contribution in [0.25, 0.3) is 5.76 Å². The summed E-state index contributed by atoms with van der Waals surface area (Å²) in [6, 6.07) is 20.5. The number of carbonyl (C=O) groups is 3. The number of nitrogens with zero attached hydrogens (tertiary/aromatic N) is 2. The standard InChI is InChI=1S/C33H36N2O6/c1-5-34(6-2)19-20-35-29(23-11-13-25(14-12-23)33(39)40-4)28(31(37)32(35)38)30(36)24-15-17-27(18-16-24)41-21-26-10-8-7-9-22(26)3/h7-18,29,36H,5-6,19-21H2,1-4H3. The first-order chi connectivity index (χ1) is 19.8. The number of Topliss-reactive ketones (excluding diaryl/α,β-unsaturated/α-hetero) is 1. The van der Waals surface area contributed by atoms with Crippen molar-refractivity contribution in [1.29, 1.82) is 0 Å². The number of methoxy groups -OCH3 is 1. The van der Waals surface area contributed by atoms with E-state index in [1.807, 2.05) is 45.0 Å². The Morgan fingerprint density at radius 3 is 2.17 bits per heavy atom. The van der Waals surface area contributed by atoms with Crippen LogP contribution in [0.5, 0.6) is 5.75 Å². The van der Waals surface area contributed by atoms with Gasteiger partial charge in [0.2, 0.25) is 0 Å². The molecule has 0 aromatic heterocycles. The molecule has 1 fully saturated rings. The van der Waals surface area contributed by atoms with E-state index in [1.165, 1.54) is 12.0 Å². The van der Waals surface area contributed by atoms with Crippen LogP contribution in [-0.4, -0.2) is 65.9 Å². The number of aryl methyl sites for hydroxylation is 1. The molecule has 1 aliphatic rings. The van der Waals surface area contributed by atoms with Crippen LogP contribution in [0.2, 0.25) is 0 Å². The normalized spacial score (nSPS) is 16.3. The zero-order chi connectivity index (χ0) is 29.5. The number of aliphatic hydroxyl groups is 1. The molecule has 1 saturated heterocycles. The molecule has 8 nitrogen and oxygen atoms in total. The highest BCUT2D eigenvalue weighted by atomic mass is 16.5. The lowest BCUT2D eigenvalue weighted by atomic mass is 9.94. The van der Waals surface area contributed by atoms with E-state index in [0.29, 0.717) is 42.1 Å². The molecule has 0 bridgehead atoms.